The molecular weight excluding hydrogens is 302 g/mol. The normalized spacial score (nSPS) is 15.2. The first-order valence-electron chi connectivity index (χ1n) is 9.02. The number of amides is 2. The Morgan fingerprint density at radius 3 is 2.17 bits per heavy atom. The van der Waals surface area contributed by atoms with Crippen LogP contribution in [0.25, 0.3) is 0 Å². The number of benzene rings is 1. The summed E-state index contributed by atoms with van der Waals surface area (Å²) in [5, 5.41) is 3.01. The van der Waals surface area contributed by atoms with Crippen LogP contribution in [0.4, 0.5) is 11.4 Å². The molecule has 1 aliphatic rings. The molecule has 24 heavy (non-hydrogen) atoms. The number of rotatable bonds is 6. The fourth-order valence-corrected chi connectivity index (χ4v) is 3.20. The van der Waals surface area contributed by atoms with Crippen LogP contribution in [0.15, 0.2) is 24.3 Å². The van der Waals surface area contributed by atoms with Gasteiger partial charge in [-0.15, -0.1) is 0 Å². The third-order valence-corrected chi connectivity index (χ3v) is 4.78. The minimum absolute atomic E-state index is 0.00614. The molecule has 0 radical (unpaired) electrons. The van der Waals surface area contributed by atoms with E-state index in [9.17, 15) is 9.59 Å². The zero-order valence-electron chi connectivity index (χ0n) is 15.0. The minimum Gasteiger partial charge on any atom is -0.372 e. The number of hydrogen-bond donors (Lipinski definition) is 1. The van der Waals surface area contributed by atoms with Gasteiger partial charge in [0.25, 0.3) is 0 Å². The Morgan fingerprint density at radius 1 is 1.08 bits per heavy atom. The molecule has 0 saturated carbocycles. The molecule has 2 rings (SSSR count). The van der Waals surface area contributed by atoms with Gasteiger partial charge in [0, 0.05) is 49.9 Å². The van der Waals surface area contributed by atoms with E-state index < -0.39 is 0 Å². The van der Waals surface area contributed by atoms with Gasteiger partial charge in [0.05, 0.1) is 0 Å². The Kier molecular flexibility index (Phi) is 6.64. The van der Waals surface area contributed by atoms with Crippen LogP contribution < -0.4 is 10.2 Å². The van der Waals surface area contributed by atoms with E-state index in [0.29, 0.717) is 19.5 Å². The number of carbonyl (C=O) groups is 2. The SMILES string of the molecule is CCC(=O)N1CCC(C(=O)Nc2ccc(N(CC)CC)cc2)CC1. The van der Waals surface area contributed by atoms with Crippen LogP contribution in [0.1, 0.15) is 40.0 Å². The van der Waals surface area contributed by atoms with E-state index in [0.717, 1.165) is 31.6 Å². The second kappa shape index (κ2) is 8.71. The summed E-state index contributed by atoms with van der Waals surface area (Å²) in [5.74, 6) is 0.239. The smallest absolute Gasteiger partial charge is 0.227 e. The molecule has 0 unspecified atom stereocenters. The lowest BCUT2D eigenvalue weighted by molar-refractivity contribution is -0.134. The first-order valence-corrected chi connectivity index (χ1v) is 9.02. The molecule has 1 aliphatic heterocycles. The average molecular weight is 331 g/mol. The maximum absolute atomic E-state index is 12.4. The summed E-state index contributed by atoms with van der Waals surface area (Å²) in [4.78, 5) is 28.2. The second-order valence-electron chi connectivity index (χ2n) is 6.22. The topological polar surface area (TPSA) is 52.7 Å². The quantitative estimate of drug-likeness (QED) is 0.871. The molecule has 5 heteroatoms. The van der Waals surface area contributed by atoms with Crippen molar-refractivity contribution < 1.29 is 9.59 Å². The Hall–Kier alpha value is -2.04. The summed E-state index contributed by atoms with van der Waals surface area (Å²) in [5.41, 5.74) is 2.01. The molecule has 0 aliphatic carbocycles. The lowest BCUT2D eigenvalue weighted by atomic mass is 9.95. The molecule has 0 bridgehead atoms. The molecular formula is C19H29N3O2. The van der Waals surface area contributed by atoms with Gasteiger partial charge in [0.1, 0.15) is 0 Å². The summed E-state index contributed by atoms with van der Waals surface area (Å²) in [7, 11) is 0. The van der Waals surface area contributed by atoms with Gasteiger partial charge in [0.15, 0.2) is 0 Å². The largest absolute Gasteiger partial charge is 0.372 e. The number of carbonyl (C=O) groups excluding carboxylic acids is 2. The van der Waals surface area contributed by atoms with Crippen molar-refractivity contribution in [3.8, 4) is 0 Å². The molecule has 132 valence electrons. The zero-order chi connectivity index (χ0) is 17.5. The minimum atomic E-state index is -0.00614. The Balaban J connectivity index is 1.88. The van der Waals surface area contributed by atoms with Gasteiger partial charge in [-0.2, -0.15) is 0 Å². The molecule has 1 aromatic rings. The number of piperidine rings is 1. The molecule has 5 nitrogen and oxygen atoms in total. The van der Waals surface area contributed by atoms with E-state index in [4.69, 9.17) is 0 Å². The summed E-state index contributed by atoms with van der Waals surface area (Å²) in [6.45, 7) is 9.46. The van der Waals surface area contributed by atoms with Crippen LogP contribution in [0.5, 0.6) is 0 Å². The van der Waals surface area contributed by atoms with E-state index in [1.807, 2.05) is 36.1 Å². The highest BCUT2D eigenvalue weighted by atomic mass is 16.2. The van der Waals surface area contributed by atoms with Gasteiger partial charge in [-0.05, 0) is 51.0 Å². The molecule has 1 fully saturated rings. The van der Waals surface area contributed by atoms with Crippen LogP contribution in [0.3, 0.4) is 0 Å². The van der Waals surface area contributed by atoms with Gasteiger partial charge < -0.3 is 15.1 Å². The van der Waals surface area contributed by atoms with Gasteiger partial charge >= 0.3 is 0 Å². The predicted octanol–water partition coefficient (Wildman–Crippen LogP) is 3.12. The number of nitrogens with one attached hydrogen (secondary N) is 1. The van der Waals surface area contributed by atoms with Crippen LogP contribution in [-0.2, 0) is 9.59 Å². The van der Waals surface area contributed by atoms with Crippen LogP contribution >= 0.6 is 0 Å². The van der Waals surface area contributed by atoms with E-state index >= 15 is 0 Å². The molecule has 1 N–H and O–H groups in total. The van der Waals surface area contributed by atoms with E-state index in [1.165, 1.54) is 5.69 Å². The van der Waals surface area contributed by atoms with Crippen LogP contribution in [0.2, 0.25) is 0 Å². The first kappa shape index (κ1) is 18.3. The van der Waals surface area contributed by atoms with E-state index in [1.54, 1.807) is 0 Å². The number of nitrogens with zero attached hydrogens (tertiary/aromatic N) is 2. The van der Waals surface area contributed by atoms with Crippen molar-refractivity contribution in [2.45, 2.75) is 40.0 Å². The van der Waals surface area contributed by atoms with Crippen molar-refractivity contribution in [3.63, 3.8) is 0 Å². The number of likely N-dealkylation sites (tertiary alicyclic amines) is 1. The molecule has 1 aromatic carbocycles. The summed E-state index contributed by atoms with van der Waals surface area (Å²) in [6.07, 6.45) is 2.03. The maximum atomic E-state index is 12.4. The van der Waals surface area contributed by atoms with E-state index in [2.05, 4.69) is 24.1 Å². The van der Waals surface area contributed by atoms with Crippen LogP contribution in [0, 0.1) is 5.92 Å². The second-order valence-corrected chi connectivity index (χ2v) is 6.22. The van der Waals surface area contributed by atoms with Crippen molar-refractivity contribution in [3.05, 3.63) is 24.3 Å². The Labute approximate surface area is 145 Å². The average Bonchev–Trinajstić information content (AvgIpc) is 2.63. The van der Waals surface area contributed by atoms with Gasteiger partial charge in [-0.3, -0.25) is 9.59 Å². The maximum Gasteiger partial charge on any atom is 0.227 e. The number of hydrogen-bond acceptors (Lipinski definition) is 3. The first-order chi connectivity index (χ1) is 11.6. The predicted molar refractivity (Wildman–Crippen MR) is 98.2 cm³/mol. The van der Waals surface area contributed by atoms with Crippen molar-refractivity contribution in [2.24, 2.45) is 5.92 Å². The number of anilines is 2. The highest BCUT2D eigenvalue weighted by molar-refractivity contribution is 5.93. The lowest BCUT2D eigenvalue weighted by Gasteiger charge is -2.31. The fraction of sp³-hybridized carbons (Fsp3) is 0.579. The van der Waals surface area contributed by atoms with Crippen molar-refractivity contribution in [2.75, 3.05) is 36.4 Å². The molecule has 1 saturated heterocycles. The van der Waals surface area contributed by atoms with E-state index in [-0.39, 0.29) is 17.7 Å². The summed E-state index contributed by atoms with van der Waals surface area (Å²) in [6, 6.07) is 8.01. The Morgan fingerprint density at radius 2 is 1.67 bits per heavy atom. The molecule has 0 atom stereocenters. The van der Waals surface area contributed by atoms with Crippen molar-refractivity contribution in [1.29, 1.82) is 0 Å². The van der Waals surface area contributed by atoms with Gasteiger partial charge in [0.2, 0.25) is 11.8 Å². The molecule has 1 heterocycles. The third-order valence-electron chi connectivity index (χ3n) is 4.78. The lowest BCUT2D eigenvalue weighted by Crippen LogP contribution is -2.41. The zero-order valence-corrected chi connectivity index (χ0v) is 15.0. The Bertz CT molecular complexity index is 544. The monoisotopic (exact) mass is 331 g/mol. The molecule has 0 spiro atoms. The third kappa shape index (κ3) is 4.49. The summed E-state index contributed by atoms with van der Waals surface area (Å²) >= 11 is 0. The highest BCUT2D eigenvalue weighted by Gasteiger charge is 2.26. The van der Waals surface area contributed by atoms with Gasteiger partial charge in [-0.25, -0.2) is 0 Å². The fourth-order valence-electron chi connectivity index (χ4n) is 3.20. The van der Waals surface area contributed by atoms with Crippen molar-refractivity contribution >= 4 is 23.2 Å². The van der Waals surface area contributed by atoms with Crippen molar-refractivity contribution in [1.82, 2.24) is 4.90 Å². The standard InChI is InChI=1S/C19H29N3O2/c1-4-18(23)22-13-11-15(12-14-22)19(24)20-16-7-9-17(10-8-16)21(5-2)6-3/h7-10,15H,4-6,11-14H2,1-3H3,(H,20,24). The highest BCUT2D eigenvalue weighted by Crippen LogP contribution is 2.22. The van der Waals surface area contributed by atoms with Crippen LogP contribution in [-0.4, -0.2) is 42.9 Å². The molecule has 0 aromatic heterocycles. The summed E-state index contributed by atoms with van der Waals surface area (Å²) < 4.78 is 0. The molecule has 2 amide bonds. The van der Waals surface area contributed by atoms with Gasteiger partial charge in [-0.1, -0.05) is 6.92 Å².